The zero-order valence-electron chi connectivity index (χ0n) is 15.3. The minimum Gasteiger partial charge on any atom is -0.356 e. The number of carbonyl (C=O) groups excluding carboxylic acids is 1. The van der Waals surface area contributed by atoms with Gasteiger partial charge >= 0.3 is 0 Å². The summed E-state index contributed by atoms with van der Waals surface area (Å²) in [6, 6.07) is 7.69. The van der Waals surface area contributed by atoms with Crippen LogP contribution in [-0.2, 0) is 4.79 Å². The van der Waals surface area contributed by atoms with E-state index in [1.165, 1.54) is 5.56 Å². The summed E-state index contributed by atoms with van der Waals surface area (Å²) in [6.07, 6.45) is 0.324. The van der Waals surface area contributed by atoms with Crippen LogP contribution in [-0.4, -0.2) is 32.0 Å². The second-order valence-corrected chi connectivity index (χ2v) is 7.31. The molecular formula is C19H25ClN4OS. The van der Waals surface area contributed by atoms with Crippen LogP contribution in [0.15, 0.2) is 40.0 Å². The Balaban J connectivity index is 1.72. The summed E-state index contributed by atoms with van der Waals surface area (Å²) in [5, 5.41) is 14.1. The van der Waals surface area contributed by atoms with E-state index >= 15 is 0 Å². The molecule has 1 amide bonds. The molecule has 26 heavy (non-hydrogen) atoms. The van der Waals surface area contributed by atoms with E-state index in [9.17, 15) is 4.79 Å². The van der Waals surface area contributed by atoms with Crippen LogP contribution in [0.1, 0.15) is 30.4 Å². The normalized spacial score (nSPS) is 12.5. The predicted molar refractivity (Wildman–Crippen MR) is 112 cm³/mol. The number of hydrogen-bond acceptors (Lipinski definition) is 3. The first-order valence-electron chi connectivity index (χ1n) is 8.52. The maximum atomic E-state index is 12.1. The third-order valence-electron chi connectivity index (χ3n) is 3.95. The van der Waals surface area contributed by atoms with Gasteiger partial charge in [0, 0.05) is 26.6 Å². The molecule has 1 aromatic carbocycles. The molecular weight excluding hydrogens is 368 g/mol. The van der Waals surface area contributed by atoms with Crippen molar-refractivity contribution in [3.63, 3.8) is 0 Å². The van der Waals surface area contributed by atoms with Crippen molar-refractivity contribution in [2.24, 2.45) is 4.99 Å². The van der Waals surface area contributed by atoms with Crippen molar-refractivity contribution in [2.45, 2.75) is 26.2 Å². The van der Waals surface area contributed by atoms with Crippen LogP contribution in [0.4, 0.5) is 5.69 Å². The zero-order chi connectivity index (χ0) is 18.9. The molecule has 1 atom stereocenters. The molecule has 5 nitrogen and oxygen atoms in total. The van der Waals surface area contributed by atoms with E-state index in [0.29, 0.717) is 35.6 Å². The van der Waals surface area contributed by atoms with Crippen LogP contribution in [0, 0.1) is 6.92 Å². The van der Waals surface area contributed by atoms with Crippen LogP contribution in [0.3, 0.4) is 0 Å². The van der Waals surface area contributed by atoms with E-state index in [-0.39, 0.29) is 5.91 Å². The molecule has 1 aromatic heterocycles. The van der Waals surface area contributed by atoms with Crippen LogP contribution in [0.25, 0.3) is 0 Å². The lowest BCUT2D eigenvalue weighted by molar-refractivity contribution is -0.116. The van der Waals surface area contributed by atoms with Gasteiger partial charge in [0.25, 0.3) is 0 Å². The number of nitrogens with zero attached hydrogens (tertiary/aromatic N) is 1. The molecule has 7 heteroatoms. The summed E-state index contributed by atoms with van der Waals surface area (Å²) in [4.78, 5) is 16.3. The molecule has 0 bridgehead atoms. The van der Waals surface area contributed by atoms with E-state index in [4.69, 9.17) is 11.6 Å². The molecule has 0 saturated heterocycles. The van der Waals surface area contributed by atoms with Crippen LogP contribution in [0.5, 0.6) is 0 Å². The van der Waals surface area contributed by atoms with Gasteiger partial charge in [0.2, 0.25) is 5.91 Å². The standard InChI is InChI=1S/C19H25ClN4OS/c1-13-4-5-17(16(20)10-13)24-18(25)6-8-22-19(21-3)23-11-14(2)15-7-9-26-12-15/h4-5,7,9-10,12,14H,6,8,11H2,1-3H3,(H,24,25)(H2,21,22,23). The first-order valence-corrected chi connectivity index (χ1v) is 9.84. The van der Waals surface area contributed by atoms with E-state index in [1.54, 1.807) is 18.4 Å². The number of hydrogen-bond donors (Lipinski definition) is 3. The van der Waals surface area contributed by atoms with Crippen molar-refractivity contribution in [3.05, 3.63) is 51.2 Å². The Labute approximate surface area is 163 Å². The van der Waals surface area contributed by atoms with E-state index in [1.807, 2.05) is 25.1 Å². The quantitative estimate of drug-likeness (QED) is 0.492. The fraction of sp³-hybridized carbons (Fsp3) is 0.368. The summed E-state index contributed by atoms with van der Waals surface area (Å²) in [6.45, 7) is 5.39. The van der Waals surface area contributed by atoms with Gasteiger partial charge in [0.15, 0.2) is 5.96 Å². The number of thiophene rings is 1. The second-order valence-electron chi connectivity index (χ2n) is 6.12. The number of benzene rings is 1. The molecule has 0 radical (unpaired) electrons. The molecule has 0 aliphatic rings. The summed E-state index contributed by atoms with van der Waals surface area (Å²) < 4.78 is 0. The first-order chi connectivity index (χ1) is 12.5. The lowest BCUT2D eigenvalue weighted by atomic mass is 10.1. The molecule has 140 valence electrons. The van der Waals surface area contributed by atoms with Crippen LogP contribution >= 0.6 is 22.9 Å². The number of carbonyl (C=O) groups is 1. The number of anilines is 1. The maximum Gasteiger partial charge on any atom is 0.226 e. The molecule has 2 aromatic rings. The van der Waals surface area contributed by atoms with Crippen molar-refractivity contribution < 1.29 is 4.79 Å². The summed E-state index contributed by atoms with van der Waals surface area (Å²) in [5.41, 5.74) is 3.00. The molecule has 3 N–H and O–H groups in total. The molecule has 0 aliphatic carbocycles. The average Bonchev–Trinajstić information content (AvgIpc) is 3.15. The third kappa shape index (κ3) is 6.35. The SMILES string of the molecule is CN=C(NCCC(=O)Nc1ccc(C)cc1Cl)NCC(C)c1ccsc1. The van der Waals surface area contributed by atoms with Gasteiger partial charge in [-0.25, -0.2) is 0 Å². The minimum atomic E-state index is -0.0923. The Kier molecular flexibility index (Phi) is 7.94. The van der Waals surface area contributed by atoms with E-state index in [0.717, 1.165) is 12.1 Å². The van der Waals surface area contributed by atoms with Crippen molar-refractivity contribution in [2.75, 3.05) is 25.5 Å². The topological polar surface area (TPSA) is 65.5 Å². The van der Waals surface area contributed by atoms with Crippen LogP contribution < -0.4 is 16.0 Å². The highest BCUT2D eigenvalue weighted by Gasteiger charge is 2.09. The van der Waals surface area contributed by atoms with Crippen LogP contribution in [0.2, 0.25) is 5.02 Å². The fourth-order valence-electron chi connectivity index (χ4n) is 2.37. The average molecular weight is 393 g/mol. The van der Waals surface area contributed by atoms with Gasteiger partial charge in [-0.1, -0.05) is 24.6 Å². The van der Waals surface area contributed by atoms with Gasteiger partial charge in [0.1, 0.15) is 0 Å². The number of rotatable bonds is 7. The van der Waals surface area contributed by atoms with Crippen molar-refractivity contribution in [1.82, 2.24) is 10.6 Å². The monoisotopic (exact) mass is 392 g/mol. The Morgan fingerprint density at radius 2 is 2.12 bits per heavy atom. The smallest absolute Gasteiger partial charge is 0.226 e. The molecule has 0 aliphatic heterocycles. The third-order valence-corrected chi connectivity index (χ3v) is 4.97. The highest BCUT2D eigenvalue weighted by molar-refractivity contribution is 7.07. The van der Waals surface area contributed by atoms with E-state index in [2.05, 4.69) is 44.7 Å². The van der Waals surface area contributed by atoms with Gasteiger partial charge < -0.3 is 16.0 Å². The Bertz CT molecular complexity index is 746. The highest BCUT2D eigenvalue weighted by Crippen LogP contribution is 2.22. The number of aryl methyl sites for hydroxylation is 1. The first kappa shape index (κ1) is 20.3. The van der Waals surface area contributed by atoms with Crippen molar-refractivity contribution in [1.29, 1.82) is 0 Å². The van der Waals surface area contributed by atoms with Crippen molar-refractivity contribution >= 4 is 40.5 Å². The molecule has 2 rings (SSSR count). The number of guanidine groups is 1. The zero-order valence-corrected chi connectivity index (χ0v) is 16.9. The van der Waals surface area contributed by atoms with Gasteiger partial charge in [-0.15, -0.1) is 0 Å². The van der Waals surface area contributed by atoms with E-state index < -0.39 is 0 Å². The number of halogens is 1. The number of aliphatic imine (C=N–C) groups is 1. The molecule has 1 heterocycles. The fourth-order valence-corrected chi connectivity index (χ4v) is 3.44. The highest BCUT2D eigenvalue weighted by atomic mass is 35.5. The lowest BCUT2D eigenvalue weighted by Crippen LogP contribution is -2.40. The van der Waals surface area contributed by atoms with Gasteiger partial charge in [-0.2, -0.15) is 11.3 Å². The Morgan fingerprint density at radius 3 is 2.77 bits per heavy atom. The van der Waals surface area contributed by atoms with Gasteiger partial charge in [0.05, 0.1) is 10.7 Å². The van der Waals surface area contributed by atoms with Gasteiger partial charge in [-0.05, 0) is 52.9 Å². The summed E-state index contributed by atoms with van der Waals surface area (Å²) >= 11 is 7.83. The Hall–Kier alpha value is -2.05. The minimum absolute atomic E-state index is 0.0923. The largest absolute Gasteiger partial charge is 0.356 e. The number of nitrogens with one attached hydrogen (secondary N) is 3. The molecule has 0 saturated carbocycles. The Morgan fingerprint density at radius 1 is 1.31 bits per heavy atom. The molecule has 1 unspecified atom stereocenters. The summed E-state index contributed by atoms with van der Waals surface area (Å²) in [7, 11) is 1.72. The second kappa shape index (κ2) is 10.2. The number of amides is 1. The summed E-state index contributed by atoms with van der Waals surface area (Å²) in [5.74, 6) is 0.991. The maximum absolute atomic E-state index is 12.1. The van der Waals surface area contributed by atoms with Crippen molar-refractivity contribution in [3.8, 4) is 0 Å². The molecule has 0 fully saturated rings. The lowest BCUT2D eigenvalue weighted by Gasteiger charge is -2.15. The predicted octanol–water partition coefficient (Wildman–Crippen LogP) is 4.01. The molecule has 0 spiro atoms. The van der Waals surface area contributed by atoms with Gasteiger partial charge in [-0.3, -0.25) is 9.79 Å².